The van der Waals surface area contributed by atoms with E-state index in [0.717, 1.165) is 5.75 Å². The minimum absolute atomic E-state index is 0.0619. The maximum Gasteiger partial charge on any atom is 0.308 e. The molecule has 6 atom stereocenters. The minimum atomic E-state index is -0.359. The largest absolute Gasteiger partial charge is 0.461 e. The Morgan fingerprint density at radius 2 is 2.00 bits per heavy atom. The van der Waals surface area contributed by atoms with E-state index in [0.29, 0.717) is 12.8 Å². The van der Waals surface area contributed by atoms with Crippen LogP contribution in [0.15, 0.2) is 0 Å². The Morgan fingerprint density at radius 3 is 2.63 bits per heavy atom. The monoisotopic (exact) mass is 284 g/mol. The Kier molecular flexibility index (Phi) is 3.17. The van der Waals surface area contributed by atoms with Crippen LogP contribution in [0.4, 0.5) is 0 Å². The van der Waals surface area contributed by atoms with E-state index < -0.39 is 0 Å². The molecule has 3 aliphatic heterocycles. The maximum absolute atomic E-state index is 11.6. The summed E-state index contributed by atoms with van der Waals surface area (Å²) in [7, 11) is 0. The fourth-order valence-corrected chi connectivity index (χ4v) is 4.84. The molecule has 6 unspecified atom stereocenters. The first-order valence-corrected chi connectivity index (χ1v) is 7.93. The van der Waals surface area contributed by atoms with Gasteiger partial charge in [0.15, 0.2) is 5.12 Å². The molecule has 0 aromatic heterocycles. The number of carbonyl (C=O) groups excluding carboxylic acids is 2. The standard InChI is InChI=1S/C14H20O4S/c1-7-10-5-11(15)17-13(7)8(2)14(3,18-10)9-4-12(16)19-6-9/h7-10,13H,4-6H2,1-3H3. The minimum Gasteiger partial charge on any atom is -0.461 e. The molecule has 4 nitrogen and oxygen atoms in total. The summed E-state index contributed by atoms with van der Waals surface area (Å²) in [5.74, 6) is 1.26. The Hall–Kier alpha value is -0.550. The van der Waals surface area contributed by atoms with E-state index in [1.54, 1.807) is 0 Å². The van der Waals surface area contributed by atoms with Crippen LogP contribution in [-0.4, -0.2) is 34.6 Å². The van der Waals surface area contributed by atoms with Crippen molar-refractivity contribution in [1.82, 2.24) is 0 Å². The first-order chi connectivity index (χ1) is 8.91. The van der Waals surface area contributed by atoms with E-state index in [2.05, 4.69) is 20.8 Å². The van der Waals surface area contributed by atoms with Gasteiger partial charge in [-0.25, -0.2) is 0 Å². The quantitative estimate of drug-likeness (QED) is 0.689. The van der Waals surface area contributed by atoms with Crippen molar-refractivity contribution >= 4 is 22.8 Å². The highest BCUT2D eigenvalue weighted by Crippen LogP contribution is 2.49. The lowest BCUT2D eigenvalue weighted by Crippen LogP contribution is -2.62. The molecule has 0 saturated carbocycles. The number of esters is 1. The van der Waals surface area contributed by atoms with E-state index in [1.165, 1.54) is 11.8 Å². The van der Waals surface area contributed by atoms with E-state index in [-0.39, 0.29) is 46.6 Å². The number of hydrogen-bond acceptors (Lipinski definition) is 5. The van der Waals surface area contributed by atoms with Crippen LogP contribution in [0.25, 0.3) is 0 Å². The fraction of sp³-hybridized carbons (Fsp3) is 0.857. The second-order valence-corrected chi connectivity index (χ2v) is 7.31. The number of fused-ring (bicyclic) bond motifs is 2. The normalized spacial score (nSPS) is 50.2. The van der Waals surface area contributed by atoms with Gasteiger partial charge in [0.1, 0.15) is 6.10 Å². The highest BCUT2D eigenvalue weighted by atomic mass is 32.2. The van der Waals surface area contributed by atoms with Gasteiger partial charge in [0.05, 0.1) is 18.1 Å². The lowest BCUT2D eigenvalue weighted by Gasteiger charge is -2.54. The van der Waals surface area contributed by atoms with Gasteiger partial charge in [0, 0.05) is 29.9 Å². The fourth-order valence-electron chi connectivity index (χ4n) is 3.68. The molecule has 0 radical (unpaired) electrons. The Bertz CT molecular complexity index is 424. The average molecular weight is 284 g/mol. The summed E-state index contributed by atoms with van der Waals surface area (Å²) in [5, 5.41) is 0.253. The second kappa shape index (κ2) is 4.48. The van der Waals surface area contributed by atoms with Crippen molar-refractivity contribution in [2.45, 2.75) is 51.4 Å². The zero-order valence-corrected chi connectivity index (χ0v) is 12.4. The molecule has 3 fully saturated rings. The topological polar surface area (TPSA) is 52.6 Å². The predicted octanol–water partition coefficient (Wildman–Crippen LogP) is 2.01. The Labute approximate surface area is 117 Å². The van der Waals surface area contributed by atoms with Crippen molar-refractivity contribution in [3.63, 3.8) is 0 Å². The molecule has 0 amide bonds. The van der Waals surface area contributed by atoms with E-state index >= 15 is 0 Å². The van der Waals surface area contributed by atoms with Gasteiger partial charge in [-0.1, -0.05) is 25.6 Å². The Balaban J connectivity index is 1.87. The van der Waals surface area contributed by atoms with Gasteiger partial charge >= 0.3 is 5.97 Å². The third-order valence-corrected chi connectivity index (χ3v) is 6.27. The van der Waals surface area contributed by atoms with Crippen molar-refractivity contribution in [3.05, 3.63) is 0 Å². The molecular weight excluding hydrogens is 264 g/mol. The van der Waals surface area contributed by atoms with E-state index in [9.17, 15) is 9.59 Å². The number of ether oxygens (including phenoxy) is 2. The molecule has 0 aliphatic carbocycles. The van der Waals surface area contributed by atoms with Gasteiger partial charge in [0.2, 0.25) is 0 Å². The van der Waals surface area contributed by atoms with E-state index in [1.807, 2.05) is 0 Å². The van der Waals surface area contributed by atoms with Crippen LogP contribution < -0.4 is 0 Å². The first-order valence-electron chi connectivity index (χ1n) is 6.94. The van der Waals surface area contributed by atoms with Gasteiger partial charge in [-0.15, -0.1) is 0 Å². The number of carbonyl (C=O) groups is 2. The average Bonchev–Trinajstić information content (AvgIpc) is 2.78. The molecule has 0 aromatic rings. The zero-order valence-electron chi connectivity index (χ0n) is 11.5. The van der Waals surface area contributed by atoms with E-state index in [4.69, 9.17) is 9.47 Å². The maximum atomic E-state index is 11.6. The lowest BCUT2D eigenvalue weighted by molar-refractivity contribution is -0.260. The van der Waals surface area contributed by atoms with Crippen molar-refractivity contribution in [2.24, 2.45) is 17.8 Å². The van der Waals surface area contributed by atoms with Crippen LogP contribution in [0.2, 0.25) is 0 Å². The van der Waals surface area contributed by atoms with Crippen LogP contribution in [0.1, 0.15) is 33.6 Å². The van der Waals surface area contributed by atoms with Gasteiger partial charge < -0.3 is 9.47 Å². The first kappa shape index (κ1) is 13.4. The molecule has 5 heteroatoms. The van der Waals surface area contributed by atoms with Crippen LogP contribution in [-0.2, 0) is 19.1 Å². The highest BCUT2D eigenvalue weighted by molar-refractivity contribution is 8.14. The summed E-state index contributed by atoms with van der Waals surface area (Å²) in [6, 6.07) is 0. The third kappa shape index (κ3) is 2.02. The molecule has 19 heavy (non-hydrogen) atoms. The zero-order chi connectivity index (χ0) is 13.8. The SMILES string of the molecule is CC1C2CC(=O)OC1C(C)C(C)(C1CSC(=O)C1)O2. The number of rotatable bonds is 1. The molecule has 3 aliphatic rings. The van der Waals surface area contributed by atoms with Gasteiger partial charge in [0.25, 0.3) is 0 Å². The molecule has 3 rings (SSSR count). The van der Waals surface area contributed by atoms with Crippen molar-refractivity contribution in [3.8, 4) is 0 Å². The van der Waals surface area contributed by atoms with Gasteiger partial charge in [-0.2, -0.15) is 0 Å². The summed E-state index contributed by atoms with van der Waals surface area (Å²) >= 11 is 1.40. The number of hydrogen-bond donors (Lipinski definition) is 0. The lowest BCUT2D eigenvalue weighted by atomic mass is 9.68. The summed E-state index contributed by atoms with van der Waals surface area (Å²) in [6.07, 6.45) is 0.778. The predicted molar refractivity (Wildman–Crippen MR) is 71.7 cm³/mol. The molecular formula is C14H20O4S. The smallest absolute Gasteiger partial charge is 0.308 e. The molecule has 0 N–H and O–H groups in total. The molecule has 106 valence electrons. The second-order valence-electron chi connectivity index (χ2n) is 6.23. The van der Waals surface area contributed by atoms with Crippen LogP contribution in [0.5, 0.6) is 0 Å². The third-order valence-electron chi connectivity index (χ3n) is 5.21. The van der Waals surface area contributed by atoms with Gasteiger partial charge in [-0.05, 0) is 6.92 Å². The molecule has 3 saturated heterocycles. The van der Waals surface area contributed by atoms with Crippen LogP contribution >= 0.6 is 11.8 Å². The molecule has 0 aromatic carbocycles. The molecule has 2 bridgehead atoms. The molecule has 0 spiro atoms. The van der Waals surface area contributed by atoms with Crippen molar-refractivity contribution < 1.29 is 19.1 Å². The summed E-state index contributed by atoms with van der Waals surface area (Å²) < 4.78 is 11.9. The van der Waals surface area contributed by atoms with Crippen molar-refractivity contribution in [1.29, 1.82) is 0 Å². The highest BCUT2D eigenvalue weighted by Gasteiger charge is 2.56. The Morgan fingerprint density at radius 1 is 1.26 bits per heavy atom. The number of thioether (sulfide) groups is 1. The summed E-state index contributed by atoms with van der Waals surface area (Å²) in [5.41, 5.74) is -0.359. The van der Waals surface area contributed by atoms with Crippen LogP contribution in [0, 0.1) is 17.8 Å². The molecule has 3 heterocycles. The van der Waals surface area contributed by atoms with Crippen molar-refractivity contribution in [2.75, 3.05) is 5.75 Å². The van der Waals surface area contributed by atoms with Gasteiger partial charge in [-0.3, -0.25) is 9.59 Å². The summed E-state index contributed by atoms with van der Waals surface area (Å²) in [6.45, 7) is 6.27. The van der Waals surface area contributed by atoms with Crippen LogP contribution in [0.3, 0.4) is 0 Å². The summed E-state index contributed by atoms with van der Waals surface area (Å²) in [4.78, 5) is 23.1.